The predicted octanol–water partition coefficient (Wildman–Crippen LogP) is 4.60. The lowest BCUT2D eigenvalue weighted by atomic mass is 9.93. The maximum Gasteiger partial charge on any atom is 0.417 e. The van der Waals surface area contributed by atoms with Gasteiger partial charge in [0.25, 0.3) is 0 Å². The summed E-state index contributed by atoms with van der Waals surface area (Å²) < 4.78 is 77.3. The Balaban J connectivity index is 2.84. The van der Waals surface area contributed by atoms with Crippen LogP contribution in [0, 0.1) is 0 Å². The molecule has 0 saturated carbocycles. The van der Waals surface area contributed by atoms with Gasteiger partial charge < -0.3 is 0 Å². The highest BCUT2D eigenvalue weighted by atomic mass is 19.4. The Labute approximate surface area is 120 Å². The van der Waals surface area contributed by atoms with Gasteiger partial charge in [0.05, 0.1) is 11.1 Å². The molecule has 8 heteroatoms. The van der Waals surface area contributed by atoms with E-state index in [1.807, 2.05) is 0 Å². The van der Waals surface area contributed by atoms with Crippen LogP contribution in [-0.2, 0) is 12.4 Å². The van der Waals surface area contributed by atoms with Crippen molar-refractivity contribution in [2.75, 3.05) is 0 Å². The van der Waals surface area contributed by atoms with Crippen LogP contribution in [-0.4, -0.2) is 11.3 Å². The van der Waals surface area contributed by atoms with Crippen molar-refractivity contribution in [2.24, 2.45) is 0 Å². The van der Waals surface area contributed by atoms with E-state index in [-0.39, 0.29) is 17.9 Å². The molecule has 0 fully saturated rings. The largest absolute Gasteiger partial charge is 0.417 e. The molecule has 0 saturated heterocycles. The highest BCUT2D eigenvalue weighted by Gasteiger charge is 2.39. The lowest BCUT2D eigenvalue weighted by Crippen LogP contribution is -2.14. The zero-order chi connectivity index (χ0) is 16.5. The smallest absolute Gasteiger partial charge is 0.298 e. The van der Waals surface area contributed by atoms with Crippen molar-refractivity contribution in [3.8, 4) is 11.1 Å². The summed E-state index contributed by atoms with van der Waals surface area (Å²) in [4.78, 5) is 14.7. The molecule has 0 amide bonds. The SMILES string of the molecule is O=Cc1c(-c2cccnc2)cc(C(F)(F)F)cc1C(F)(F)F. The number of nitrogens with zero attached hydrogens (tertiary/aromatic N) is 1. The Hall–Kier alpha value is -2.38. The average molecular weight is 319 g/mol. The first-order valence-electron chi connectivity index (χ1n) is 5.82. The van der Waals surface area contributed by atoms with E-state index < -0.39 is 34.6 Å². The van der Waals surface area contributed by atoms with Gasteiger partial charge in [0.1, 0.15) is 0 Å². The molecule has 2 nitrogen and oxygen atoms in total. The molecule has 0 aliphatic carbocycles. The van der Waals surface area contributed by atoms with Crippen molar-refractivity contribution in [1.82, 2.24) is 4.98 Å². The zero-order valence-corrected chi connectivity index (χ0v) is 10.7. The van der Waals surface area contributed by atoms with Gasteiger partial charge in [-0.2, -0.15) is 26.3 Å². The first kappa shape index (κ1) is 16.0. The van der Waals surface area contributed by atoms with Crippen LogP contribution in [0.15, 0.2) is 36.7 Å². The number of aldehydes is 1. The van der Waals surface area contributed by atoms with E-state index in [0.29, 0.717) is 6.07 Å². The Bertz CT molecular complexity index is 691. The summed E-state index contributed by atoms with van der Waals surface area (Å²) in [5, 5.41) is 0. The summed E-state index contributed by atoms with van der Waals surface area (Å²) in [7, 11) is 0. The second-order valence-electron chi connectivity index (χ2n) is 4.34. The highest BCUT2D eigenvalue weighted by molar-refractivity contribution is 5.90. The number of hydrogen-bond donors (Lipinski definition) is 0. The molecule has 0 atom stereocenters. The lowest BCUT2D eigenvalue weighted by Gasteiger charge is -2.17. The predicted molar refractivity (Wildman–Crippen MR) is 65.1 cm³/mol. The quantitative estimate of drug-likeness (QED) is 0.598. The monoisotopic (exact) mass is 319 g/mol. The molecule has 0 spiro atoms. The number of pyridine rings is 1. The molecule has 1 aromatic heterocycles. The summed E-state index contributed by atoms with van der Waals surface area (Å²) in [6.07, 6.45) is -7.77. The minimum Gasteiger partial charge on any atom is -0.298 e. The van der Waals surface area contributed by atoms with Crippen molar-refractivity contribution in [3.05, 3.63) is 53.3 Å². The van der Waals surface area contributed by atoms with Crippen LogP contribution >= 0.6 is 0 Å². The second-order valence-corrected chi connectivity index (χ2v) is 4.34. The van der Waals surface area contributed by atoms with Gasteiger partial charge in [0, 0.05) is 23.5 Å². The molecule has 1 aromatic carbocycles. The fourth-order valence-corrected chi connectivity index (χ4v) is 1.94. The Morgan fingerprint density at radius 2 is 1.68 bits per heavy atom. The van der Waals surface area contributed by atoms with Gasteiger partial charge in [0.2, 0.25) is 0 Å². The molecule has 0 aliphatic heterocycles. The van der Waals surface area contributed by atoms with Crippen molar-refractivity contribution in [2.45, 2.75) is 12.4 Å². The van der Waals surface area contributed by atoms with Gasteiger partial charge >= 0.3 is 12.4 Å². The zero-order valence-electron chi connectivity index (χ0n) is 10.7. The molecule has 0 unspecified atom stereocenters. The number of hydrogen-bond acceptors (Lipinski definition) is 2. The Morgan fingerprint density at radius 1 is 1.00 bits per heavy atom. The summed E-state index contributed by atoms with van der Waals surface area (Å²) in [5.41, 5.74) is -4.44. The van der Waals surface area contributed by atoms with E-state index in [2.05, 4.69) is 4.98 Å². The molecule has 22 heavy (non-hydrogen) atoms. The van der Waals surface area contributed by atoms with E-state index in [0.717, 1.165) is 6.20 Å². The van der Waals surface area contributed by atoms with Crippen LogP contribution in [0.2, 0.25) is 0 Å². The molecule has 2 rings (SSSR count). The third kappa shape index (κ3) is 3.10. The van der Waals surface area contributed by atoms with E-state index >= 15 is 0 Å². The molecule has 0 N–H and O–H groups in total. The molecule has 0 bridgehead atoms. The minimum absolute atomic E-state index is 0.0128. The molecule has 1 heterocycles. The van der Waals surface area contributed by atoms with Gasteiger partial charge in [0.15, 0.2) is 6.29 Å². The van der Waals surface area contributed by atoms with Crippen LogP contribution in [0.5, 0.6) is 0 Å². The molecular weight excluding hydrogens is 312 g/mol. The Morgan fingerprint density at radius 3 is 2.14 bits per heavy atom. The molecule has 116 valence electrons. The van der Waals surface area contributed by atoms with Gasteiger partial charge in [-0.3, -0.25) is 9.78 Å². The molecular formula is C14H7F6NO. The lowest BCUT2D eigenvalue weighted by molar-refractivity contribution is -0.143. The van der Waals surface area contributed by atoms with Crippen LogP contribution < -0.4 is 0 Å². The van der Waals surface area contributed by atoms with Crippen molar-refractivity contribution in [1.29, 1.82) is 0 Å². The summed E-state index contributed by atoms with van der Waals surface area (Å²) in [6, 6.07) is 3.06. The normalized spacial score (nSPS) is 12.3. The topological polar surface area (TPSA) is 30.0 Å². The average Bonchev–Trinajstić information content (AvgIpc) is 2.44. The van der Waals surface area contributed by atoms with Gasteiger partial charge in [-0.15, -0.1) is 0 Å². The Kier molecular flexibility index (Phi) is 3.95. The van der Waals surface area contributed by atoms with E-state index in [4.69, 9.17) is 0 Å². The fourth-order valence-electron chi connectivity index (χ4n) is 1.94. The maximum atomic E-state index is 13.0. The number of rotatable bonds is 2. The van der Waals surface area contributed by atoms with Crippen LogP contribution in [0.1, 0.15) is 21.5 Å². The second kappa shape index (κ2) is 5.43. The number of benzene rings is 1. The van der Waals surface area contributed by atoms with Gasteiger partial charge in [-0.05, 0) is 23.8 Å². The first-order chi connectivity index (χ1) is 10.1. The number of carbonyl (C=O) groups excluding carboxylic acids is 1. The van der Waals surface area contributed by atoms with Crippen molar-refractivity contribution < 1.29 is 31.1 Å². The standard InChI is InChI=1S/C14H7F6NO/c15-13(16,17)9-4-10(8-2-1-3-21-6-8)11(7-22)12(5-9)14(18,19)20/h1-7H. The van der Waals surface area contributed by atoms with E-state index in [9.17, 15) is 31.1 Å². The van der Waals surface area contributed by atoms with Crippen LogP contribution in [0.4, 0.5) is 26.3 Å². The van der Waals surface area contributed by atoms with Gasteiger partial charge in [-0.25, -0.2) is 0 Å². The first-order valence-corrected chi connectivity index (χ1v) is 5.82. The fraction of sp³-hybridized carbons (Fsp3) is 0.143. The summed E-state index contributed by atoms with van der Waals surface area (Å²) in [5.74, 6) is 0. The number of alkyl halides is 6. The number of halogens is 6. The van der Waals surface area contributed by atoms with E-state index in [1.54, 1.807) is 0 Å². The summed E-state index contributed by atoms with van der Waals surface area (Å²) in [6.45, 7) is 0. The molecule has 0 radical (unpaired) electrons. The summed E-state index contributed by atoms with van der Waals surface area (Å²) >= 11 is 0. The van der Waals surface area contributed by atoms with Crippen molar-refractivity contribution in [3.63, 3.8) is 0 Å². The third-order valence-electron chi connectivity index (χ3n) is 2.90. The van der Waals surface area contributed by atoms with E-state index in [1.165, 1.54) is 18.3 Å². The van der Waals surface area contributed by atoms with Crippen molar-refractivity contribution >= 4 is 6.29 Å². The molecule has 0 aliphatic rings. The molecule has 2 aromatic rings. The number of carbonyl (C=O) groups is 1. The minimum atomic E-state index is -5.09. The highest BCUT2D eigenvalue weighted by Crippen LogP contribution is 2.40. The maximum absolute atomic E-state index is 13.0. The van der Waals surface area contributed by atoms with Crippen LogP contribution in [0.25, 0.3) is 11.1 Å². The van der Waals surface area contributed by atoms with Gasteiger partial charge in [-0.1, -0.05) is 6.07 Å². The number of aromatic nitrogens is 1. The van der Waals surface area contributed by atoms with Crippen LogP contribution in [0.3, 0.4) is 0 Å². The third-order valence-corrected chi connectivity index (χ3v) is 2.90.